The van der Waals surface area contributed by atoms with Crippen molar-refractivity contribution in [3.05, 3.63) is 29.8 Å². The van der Waals surface area contributed by atoms with Gasteiger partial charge in [0.1, 0.15) is 0 Å². The molecule has 0 saturated heterocycles. The van der Waals surface area contributed by atoms with Crippen LogP contribution >= 0.6 is 0 Å². The second kappa shape index (κ2) is 7.26. The highest BCUT2D eigenvalue weighted by Gasteiger charge is 1.94. The first kappa shape index (κ1) is 12.0. The summed E-state index contributed by atoms with van der Waals surface area (Å²) in [5, 5.41) is 3.30. The third-order valence-electron chi connectivity index (χ3n) is 2.02. The van der Waals surface area contributed by atoms with Gasteiger partial charge in [-0.3, -0.25) is 0 Å². The largest absolute Gasteiger partial charge is 0.383 e. The summed E-state index contributed by atoms with van der Waals surface area (Å²) in [5.74, 6) is 0. The molecular formula is C12H19NO2. The molecule has 84 valence electrons. The molecule has 3 nitrogen and oxygen atoms in total. The van der Waals surface area contributed by atoms with E-state index in [4.69, 9.17) is 9.47 Å². The number of nitrogens with one attached hydrogen (secondary N) is 1. The average Bonchev–Trinajstić information content (AvgIpc) is 2.26. The molecule has 0 aliphatic carbocycles. The van der Waals surface area contributed by atoms with E-state index in [2.05, 4.69) is 17.4 Å². The molecule has 0 amide bonds. The molecule has 0 aromatic heterocycles. The van der Waals surface area contributed by atoms with Gasteiger partial charge in [-0.15, -0.1) is 0 Å². The third kappa shape index (κ3) is 4.81. The Hall–Kier alpha value is -1.06. The number of benzene rings is 1. The van der Waals surface area contributed by atoms with Gasteiger partial charge in [0.15, 0.2) is 0 Å². The summed E-state index contributed by atoms with van der Waals surface area (Å²) >= 11 is 0. The van der Waals surface area contributed by atoms with Gasteiger partial charge in [-0.1, -0.05) is 12.1 Å². The number of hydrogen-bond donors (Lipinski definition) is 1. The smallest absolute Gasteiger partial charge is 0.0713 e. The van der Waals surface area contributed by atoms with E-state index >= 15 is 0 Å². The Labute approximate surface area is 91.4 Å². The van der Waals surface area contributed by atoms with Crippen LogP contribution < -0.4 is 5.32 Å². The van der Waals surface area contributed by atoms with E-state index in [0.717, 1.165) is 25.4 Å². The fourth-order valence-corrected chi connectivity index (χ4v) is 1.35. The fraction of sp³-hybridized carbons (Fsp3) is 0.500. The van der Waals surface area contributed by atoms with Gasteiger partial charge >= 0.3 is 0 Å². The molecule has 0 atom stereocenters. The highest BCUT2D eigenvalue weighted by Crippen LogP contribution is 2.10. The van der Waals surface area contributed by atoms with Crippen LogP contribution in [-0.4, -0.2) is 26.9 Å². The molecule has 3 heteroatoms. The summed E-state index contributed by atoms with van der Waals surface area (Å²) in [6, 6.07) is 8.22. The SMILES string of the molecule is CCOCCNc1cccc(COC)c1. The molecule has 0 aliphatic heterocycles. The van der Waals surface area contributed by atoms with Crippen LogP contribution in [0.1, 0.15) is 12.5 Å². The molecule has 0 heterocycles. The normalized spacial score (nSPS) is 10.3. The predicted molar refractivity (Wildman–Crippen MR) is 62.1 cm³/mol. The molecule has 1 N–H and O–H groups in total. The molecule has 0 spiro atoms. The van der Waals surface area contributed by atoms with Crippen LogP contribution in [0.15, 0.2) is 24.3 Å². The number of hydrogen-bond acceptors (Lipinski definition) is 3. The van der Waals surface area contributed by atoms with Crippen LogP contribution in [0.25, 0.3) is 0 Å². The van der Waals surface area contributed by atoms with Crippen LogP contribution in [0.2, 0.25) is 0 Å². The summed E-state index contributed by atoms with van der Waals surface area (Å²) in [5.41, 5.74) is 2.29. The maximum absolute atomic E-state index is 5.25. The maximum Gasteiger partial charge on any atom is 0.0713 e. The zero-order chi connectivity index (χ0) is 10.9. The molecule has 1 aromatic carbocycles. The first-order valence-corrected chi connectivity index (χ1v) is 5.26. The summed E-state index contributed by atoms with van der Waals surface area (Å²) in [6.45, 7) is 5.00. The maximum atomic E-state index is 5.25. The lowest BCUT2D eigenvalue weighted by Gasteiger charge is -2.08. The van der Waals surface area contributed by atoms with Crippen LogP contribution in [-0.2, 0) is 16.1 Å². The molecule has 15 heavy (non-hydrogen) atoms. The molecule has 0 bridgehead atoms. The van der Waals surface area contributed by atoms with Gasteiger partial charge in [0, 0.05) is 25.9 Å². The van der Waals surface area contributed by atoms with Gasteiger partial charge in [-0.25, -0.2) is 0 Å². The lowest BCUT2D eigenvalue weighted by Crippen LogP contribution is -2.09. The first-order chi connectivity index (χ1) is 7.36. The molecule has 1 rings (SSSR count). The third-order valence-corrected chi connectivity index (χ3v) is 2.02. The van der Waals surface area contributed by atoms with E-state index in [1.54, 1.807) is 7.11 Å². The van der Waals surface area contributed by atoms with Gasteiger partial charge in [-0.05, 0) is 24.6 Å². The summed E-state index contributed by atoms with van der Waals surface area (Å²) in [7, 11) is 1.70. The van der Waals surface area contributed by atoms with E-state index in [9.17, 15) is 0 Å². The fourth-order valence-electron chi connectivity index (χ4n) is 1.35. The van der Waals surface area contributed by atoms with Gasteiger partial charge < -0.3 is 14.8 Å². The highest BCUT2D eigenvalue weighted by atomic mass is 16.5. The van der Waals surface area contributed by atoms with E-state index in [1.807, 2.05) is 19.1 Å². The number of ether oxygens (including phenoxy) is 2. The Morgan fingerprint density at radius 3 is 2.93 bits per heavy atom. The molecule has 0 radical (unpaired) electrons. The molecule has 0 unspecified atom stereocenters. The zero-order valence-electron chi connectivity index (χ0n) is 9.45. The Morgan fingerprint density at radius 1 is 1.33 bits per heavy atom. The van der Waals surface area contributed by atoms with Crippen molar-refractivity contribution in [1.29, 1.82) is 0 Å². The second-order valence-electron chi connectivity index (χ2n) is 3.26. The topological polar surface area (TPSA) is 30.5 Å². The predicted octanol–water partition coefficient (Wildman–Crippen LogP) is 2.28. The van der Waals surface area contributed by atoms with Crippen molar-refractivity contribution < 1.29 is 9.47 Å². The van der Waals surface area contributed by atoms with Crippen molar-refractivity contribution in [3.63, 3.8) is 0 Å². The monoisotopic (exact) mass is 209 g/mol. The zero-order valence-corrected chi connectivity index (χ0v) is 9.45. The van der Waals surface area contributed by atoms with E-state index in [1.165, 1.54) is 5.56 Å². The second-order valence-corrected chi connectivity index (χ2v) is 3.26. The highest BCUT2D eigenvalue weighted by molar-refractivity contribution is 5.45. The van der Waals surface area contributed by atoms with Crippen molar-refractivity contribution in [2.24, 2.45) is 0 Å². The Bertz CT molecular complexity index is 276. The van der Waals surface area contributed by atoms with E-state index in [-0.39, 0.29) is 0 Å². The van der Waals surface area contributed by atoms with Crippen molar-refractivity contribution in [2.75, 3.05) is 32.2 Å². The Kier molecular flexibility index (Phi) is 5.81. The number of anilines is 1. The summed E-state index contributed by atoms with van der Waals surface area (Å²) in [4.78, 5) is 0. The lowest BCUT2D eigenvalue weighted by molar-refractivity contribution is 0.158. The Balaban J connectivity index is 2.36. The lowest BCUT2D eigenvalue weighted by atomic mass is 10.2. The van der Waals surface area contributed by atoms with Crippen LogP contribution in [0, 0.1) is 0 Å². The van der Waals surface area contributed by atoms with Crippen LogP contribution in [0.5, 0.6) is 0 Å². The van der Waals surface area contributed by atoms with Gasteiger partial charge in [0.2, 0.25) is 0 Å². The van der Waals surface area contributed by atoms with Crippen molar-refractivity contribution in [2.45, 2.75) is 13.5 Å². The standard InChI is InChI=1S/C12H19NO2/c1-3-15-8-7-13-12-6-4-5-11(9-12)10-14-2/h4-6,9,13H,3,7-8,10H2,1-2H3. The van der Waals surface area contributed by atoms with E-state index in [0.29, 0.717) is 6.61 Å². The molecule has 0 fully saturated rings. The van der Waals surface area contributed by atoms with Gasteiger partial charge in [0.25, 0.3) is 0 Å². The summed E-state index contributed by atoms with van der Waals surface area (Å²) in [6.07, 6.45) is 0. The molecule has 1 aromatic rings. The van der Waals surface area contributed by atoms with Crippen molar-refractivity contribution in [1.82, 2.24) is 0 Å². The minimum absolute atomic E-state index is 0.654. The van der Waals surface area contributed by atoms with E-state index < -0.39 is 0 Å². The molecule has 0 saturated carbocycles. The number of methoxy groups -OCH3 is 1. The molecular weight excluding hydrogens is 190 g/mol. The average molecular weight is 209 g/mol. The Morgan fingerprint density at radius 2 is 2.20 bits per heavy atom. The molecule has 0 aliphatic rings. The van der Waals surface area contributed by atoms with Crippen molar-refractivity contribution in [3.8, 4) is 0 Å². The van der Waals surface area contributed by atoms with Gasteiger partial charge in [0.05, 0.1) is 13.2 Å². The van der Waals surface area contributed by atoms with Crippen LogP contribution in [0.4, 0.5) is 5.69 Å². The minimum atomic E-state index is 0.654. The quantitative estimate of drug-likeness (QED) is 0.699. The van der Waals surface area contributed by atoms with Gasteiger partial charge in [-0.2, -0.15) is 0 Å². The number of rotatable bonds is 7. The first-order valence-electron chi connectivity index (χ1n) is 5.26. The van der Waals surface area contributed by atoms with Crippen LogP contribution in [0.3, 0.4) is 0 Å². The minimum Gasteiger partial charge on any atom is -0.383 e. The van der Waals surface area contributed by atoms with Crippen molar-refractivity contribution >= 4 is 5.69 Å². The summed E-state index contributed by atoms with van der Waals surface area (Å²) < 4.78 is 10.3.